The summed E-state index contributed by atoms with van der Waals surface area (Å²) >= 11 is 1.81. The molecular weight excluding hydrogens is 279 g/mol. The second-order valence-corrected chi connectivity index (χ2v) is 3.21. The number of aldehydes is 1. The van der Waals surface area contributed by atoms with Crippen LogP contribution >= 0.6 is 22.6 Å². The number of alkyl halides is 1. The van der Waals surface area contributed by atoms with Crippen molar-refractivity contribution in [2.45, 2.75) is 24.4 Å². The van der Waals surface area contributed by atoms with Crippen LogP contribution in [0.4, 0.5) is 0 Å². The summed E-state index contributed by atoms with van der Waals surface area (Å²) in [6.07, 6.45) is -5.82. The van der Waals surface area contributed by atoms with E-state index in [0.717, 1.165) is 0 Å². The molecule has 6 heteroatoms. The Kier molecular flexibility index (Phi) is 5.93. The smallest absolute Gasteiger partial charge is 0.151 e. The number of hydrogen-bond acceptors (Lipinski definition) is 5. The highest BCUT2D eigenvalue weighted by Gasteiger charge is 2.29. The maximum Gasteiger partial charge on any atom is 0.151 e. The summed E-state index contributed by atoms with van der Waals surface area (Å²) in [5.74, 6) is 0. The molecule has 72 valence electrons. The molecule has 0 aliphatic carbocycles. The summed E-state index contributed by atoms with van der Waals surface area (Å²) in [6.45, 7) is 0. The Morgan fingerprint density at radius 1 is 1.17 bits per heavy atom. The van der Waals surface area contributed by atoms with Crippen LogP contribution in [0, 0.1) is 0 Å². The van der Waals surface area contributed by atoms with Crippen LogP contribution in [0.15, 0.2) is 0 Å². The average molecular weight is 290 g/mol. The highest BCUT2D eigenvalue weighted by molar-refractivity contribution is 14.1. The van der Waals surface area contributed by atoms with Gasteiger partial charge in [-0.2, -0.15) is 0 Å². The standard InChI is InChI=1S/C6H11IO5/c7-1-3(9)5(11)6(12)4(10)2-8/h2-6,9-12H,1H2/t3-,4-,5-,6-/m1/s1. The van der Waals surface area contributed by atoms with Crippen LogP contribution in [-0.2, 0) is 4.79 Å². The maximum atomic E-state index is 9.96. The van der Waals surface area contributed by atoms with Crippen molar-refractivity contribution in [2.75, 3.05) is 4.43 Å². The summed E-state index contributed by atoms with van der Waals surface area (Å²) in [5.41, 5.74) is 0. The lowest BCUT2D eigenvalue weighted by atomic mass is 10.1. The lowest BCUT2D eigenvalue weighted by Crippen LogP contribution is -2.45. The maximum absolute atomic E-state index is 9.96. The van der Waals surface area contributed by atoms with E-state index in [0.29, 0.717) is 0 Å². The number of carbonyl (C=O) groups excluding carboxylic acids is 1. The predicted molar refractivity (Wildman–Crippen MR) is 49.0 cm³/mol. The molecule has 0 aliphatic heterocycles. The first-order chi connectivity index (χ1) is 5.54. The Morgan fingerprint density at radius 2 is 1.67 bits per heavy atom. The van der Waals surface area contributed by atoms with Gasteiger partial charge in [0, 0.05) is 4.43 Å². The van der Waals surface area contributed by atoms with Gasteiger partial charge in [0.1, 0.15) is 18.3 Å². The fraction of sp³-hybridized carbons (Fsp3) is 0.833. The van der Waals surface area contributed by atoms with E-state index >= 15 is 0 Å². The molecule has 12 heavy (non-hydrogen) atoms. The molecular formula is C6H11IO5. The van der Waals surface area contributed by atoms with Gasteiger partial charge in [-0.3, -0.25) is 0 Å². The molecule has 5 nitrogen and oxygen atoms in total. The van der Waals surface area contributed by atoms with Crippen molar-refractivity contribution in [3.63, 3.8) is 0 Å². The molecule has 0 aromatic carbocycles. The van der Waals surface area contributed by atoms with Crippen LogP contribution in [0.3, 0.4) is 0 Å². The van der Waals surface area contributed by atoms with Crippen molar-refractivity contribution in [1.29, 1.82) is 0 Å². The zero-order valence-corrected chi connectivity index (χ0v) is 8.33. The Balaban J connectivity index is 4.07. The van der Waals surface area contributed by atoms with E-state index in [1.165, 1.54) is 0 Å². The van der Waals surface area contributed by atoms with Gasteiger partial charge < -0.3 is 25.2 Å². The summed E-state index contributed by atoms with van der Waals surface area (Å²) < 4.78 is 0.210. The van der Waals surface area contributed by atoms with Crippen LogP contribution in [0.25, 0.3) is 0 Å². The Morgan fingerprint density at radius 3 is 2.00 bits per heavy atom. The van der Waals surface area contributed by atoms with Gasteiger partial charge in [-0.05, 0) is 0 Å². The molecule has 0 fully saturated rings. The lowest BCUT2D eigenvalue weighted by Gasteiger charge is -2.22. The Labute approximate surface area is 83.2 Å². The van der Waals surface area contributed by atoms with E-state index in [1.807, 2.05) is 0 Å². The number of carbonyl (C=O) groups is 1. The quantitative estimate of drug-likeness (QED) is 0.268. The van der Waals surface area contributed by atoms with Crippen molar-refractivity contribution in [2.24, 2.45) is 0 Å². The number of halogens is 1. The third-order valence-electron chi connectivity index (χ3n) is 1.39. The van der Waals surface area contributed by atoms with Gasteiger partial charge in [-0.1, -0.05) is 22.6 Å². The molecule has 0 amide bonds. The van der Waals surface area contributed by atoms with Crippen LogP contribution in [0.1, 0.15) is 0 Å². The van der Waals surface area contributed by atoms with E-state index in [2.05, 4.69) is 0 Å². The van der Waals surface area contributed by atoms with Crippen molar-refractivity contribution in [3.05, 3.63) is 0 Å². The first-order valence-corrected chi connectivity index (χ1v) is 4.80. The van der Waals surface area contributed by atoms with E-state index < -0.39 is 24.4 Å². The summed E-state index contributed by atoms with van der Waals surface area (Å²) in [7, 11) is 0. The molecule has 0 aromatic rings. The van der Waals surface area contributed by atoms with Gasteiger partial charge in [0.25, 0.3) is 0 Å². The van der Waals surface area contributed by atoms with Crippen molar-refractivity contribution in [3.8, 4) is 0 Å². The molecule has 0 saturated heterocycles. The zero-order valence-electron chi connectivity index (χ0n) is 6.17. The molecule has 0 saturated carbocycles. The second-order valence-electron chi connectivity index (χ2n) is 2.33. The summed E-state index contributed by atoms with van der Waals surface area (Å²) in [5, 5.41) is 35.8. The van der Waals surface area contributed by atoms with E-state index in [9.17, 15) is 4.79 Å². The minimum atomic E-state index is -1.66. The highest BCUT2D eigenvalue weighted by atomic mass is 127. The number of aliphatic hydroxyl groups is 4. The fourth-order valence-electron chi connectivity index (χ4n) is 0.601. The first kappa shape index (κ1) is 12.2. The number of rotatable bonds is 5. The zero-order chi connectivity index (χ0) is 9.72. The number of aliphatic hydroxyl groups excluding tert-OH is 4. The van der Waals surface area contributed by atoms with Crippen LogP contribution < -0.4 is 0 Å². The molecule has 0 aliphatic rings. The van der Waals surface area contributed by atoms with Crippen LogP contribution in [-0.4, -0.2) is 55.6 Å². The minimum Gasteiger partial charge on any atom is -0.390 e. The van der Waals surface area contributed by atoms with Crippen molar-refractivity contribution >= 4 is 28.9 Å². The molecule has 4 atom stereocenters. The summed E-state index contributed by atoms with van der Waals surface area (Å²) in [6, 6.07) is 0. The molecule has 0 radical (unpaired) electrons. The molecule has 0 unspecified atom stereocenters. The molecule has 0 heterocycles. The second kappa shape index (κ2) is 5.81. The Hall–Kier alpha value is 0.240. The molecule has 0 aromatic heterocycles. The third kappa shape index (κ3) is 3.31. The van der Waals surface area contributed by atoms with Crippen molar-refractivity contribution < 1.29 is 25.2 Å². The molecule has 0 spiro atoms. The van der Waals surface area contributed by atoms with Crippen molar-refractivity contribution in [1.82, 2.24) is 0 Å². The van der Waals surface area contributed by atoms with Gasteiger partial charge in [-0.25, -0.2) is 0 Å². The van der Waals surface area contributed by atoms with Gasteiger partial charge >= 0.3 is 0 Å². The van der Waals surface area contributed by atoms with Gasteiger partial charge in [0.2, 0.25) is 0 Å². The van der Waals surface area contributed by atoms with E-state index in [4.69, 9.17) is 20.4 Å². The monoisotopic (exact) mass is 290 g/mol. The largest absolute Gasteiger partial charge is 0.390 e. The Bertz CT molecular complexity index is 142. The van der Waals surface area contributed by atoms with Crippen LogP contribution in [0.2, 0.25) is 0 Å². The highest BCUT2D eigenvalue weighted by Crippen LogP contribution is 2.05. The van der Waals surface area contributed by atoms with E-state index in [1.54, 1.807) is 22.6 Å². The van der Waals surface area contributed by atoms with Crippen LogP contribution in [0.5, 0.6) is 0 Å². The molecule has 0 bridgehead atoms. The normalized spacial score (nSPS) is 21.1. The molecule has 0 rings (SSSR count). The fourth-order valence-corrected chi connectivity index (χ4v) is 1.12. The minimum absolute atomic E-state index is 0.105. The topological polar surface area (TPSA) is 98.0 Å². The van der Waals surface area contributed by atoms with Gasteiger partial charge in [0.15, 0.2) is 6.29 Å². The predicted octanol–water partition coefficient (Wildman–Crippen LogP) is -1.94. The van der Waals surface area contributed by atoms with E-state index in [-0.39, 0.29) is 10.7 Å². The number of hydrogen-bond donors (Lipinski definition) is 4. The average Bonchev–Trinajstić information content (AvgIpc) is 2.12. The molecule has 4 N–H and O–H groups in total. The van der Waals surface area contributed by atoms with Gasteiger partial charge in [0.05, 0.1) is 6.10 Å². The third-order valence-corrected chi connectivity index (χ3v) is 2.29. The van der Waals surface area contributed by atoms with Gasteiger partial charge in [-0.15, -0.1) is 0 Å². The first-order valence-electron chi connectivity index (χ1n) is 3.28. The lowest BCUT2D eigenvalue weighted by molar-refractivity contribution is -0.131. The SMILES string of the molecule is O=C[C@@H](O)[C@@H](O)[C@H](O)[C@H](O)CI. The summed E-state index contributed by atoms with van der Waals surface area (Å²) in [4.78, 5) is 9.96.